The molecule has 3 nitrogen and oxygen atoms in total. The summed E-state index contributed by atoms with van der Waals surface area (Å²) in [5.74, 6) is 0. The maximum absolute atomic E-state index is 13.1. The van der Waals surface area contributed by atoms with Crippen LogP contribution in [0.25, 0.3) is 0 Å². The Hall–Kier alpha value is -0.300. The molecule has 0 heterocycles. The Bertz CT molecular complexity index is 369. The summed E-state index contributed by atoms with van der Waals surface area (Å²) in [5.41, 5.74) is -2.51. The van der Waals surface area contributed by atoms with Crippen molar-refractivity contribution in [2.75, 3.05) is 0 Å². The highest BCUT2D eigenvalue weighted by Crippen LogP contribution is 2.45. The summed E-state index contributed by atoms with van der Waals surface area (Å²) in [6, 6.07) is 0. The number of alkyl halides is 3. The zero-order valence-corrected chi connectivity index (χ0v) is 11.4. The molecule has 0 saturated heterocycles. The number of hydrogen-bond donors (Lipinski definition) is 0. The number of rotatable bonds is 4. The molecule has 0 aliphatic heterocycles. The van der Waals surface area contributed by atoms with E-state index in [2.05, 4.69) is 4.18 Å². The molecular weight excluding hydrogens is 269 g/mol. The molecule has 108 valence electrons. The van der Waals surface area contributed by atoms with Crippen LogP contribution in [0.1, 0.15) is 52.4 Å². The lowest BCUT2D eigenvalue weighted by Gasteiger charge is -2.38. The van der Waals surface area contributed by atoms with Crippen LogP contribution in [0.5, 0.6) is 0 Å². The van der Waals surface area contributed by atoms with Crippen molar-refractivity contribution in [2.24, 2.45) is 0 Å². The largest absolute Gasteiger partial charge is 0.418 e. The van der Waals surface area contributed by atoms with E-state index >= 15 is 0 Å². The van der Waals surface area contributed by atoms with Gasteiger partial charge in [0.25, 0.3) is 10.1 Å². The molecule has 1 aliphatic rings. The summed E-state index contributed by atoms with van der Waals surface area (Å²) in [6.45, 7) is 2.97. The van der Waals surface area contributed by atoms with Gasteiger partial charge in [-0.05, 0) is 26.2 Å². The molecule has 1 fully saturated rings. The number of halogens is 3. The summed E-state index contributed by atoms with van der Waals surface area (Å²) in [4.78, 5) is 0. The van der Waals surface area contributed by atoms with Crippen molar-refractivity contribution in [3.63, 3.8) is 0 Å². The van der Waals surface area contributed by atoms with Crippen molar-refractivity contribution in [1.29, 1.82) is 0 Å². The molecule has 18 heavy (non-hydrogen) atoms. The first-order valence-corrected chi connectivity index (χ1v) is 7.63. The molecule has 1 saturated carbocycles. The van der Waals surface area contributed by atoms with E-state index in [4.69, 9.17) is 0 Å². The van der Waals surface area contributed by atoms with Crippen molar-refractivity contribution in [3.8, 4) is 0 Å². The van der Waals surface area contributed by atoms with Crippen molar-refractivity contribution in [1.82, 2.24) is 0 Å². The summed E-state index contributed by atoms with van der Waals surface area (Å²) in [5, 5.41) is -0.918. The first-order valence-electron chi connectivity index (χ1n) is 6.16. The summed E-state index contributed by atoms with van der Waals surface area (Å²) in [6.07, 6.45) is -3.59. The predicted octanol–water partition coefficient (Wildman–Crippen LogP) is 3.40. The van der Waals surface area contributed by atoms with Gasteiger partial charge in [-0.2, -0.15) is 21.6 Å². The normalized spacial score (nSPS) is 22.7. The molecule has 1 aliphatic carbocycles. The van der Waals surface area contributed by atoms with Crippen LogP contribution in [-0.4, -0.2) is 25.4 Å². The summed E-state index contributed by atoms with van der Waals surface area (Å²) >= 11 is 0. The fourth-order valence-corrected chi connectivity index (χ4v) is 3.32. The Kier molecular flexibility index (Phi) is 4.70. The van der Waals surface area contributed by atoms with Gasteiger partial charge in [0.15, 0.2) is 5.60 Å². The Morgan fingerprint density at radius 3 is 2.11 bits per heavy atom. The van der Waals surface area contributed by atoms with E-state index in [0.29, 0.717) is 19.3 Å². The van der Waals surface area contributed by atoms with Crippen LogP contribution in [0, 0.1) is 0 Å². The van der Waals surface area contributed by atoms with Gasteiger partial charge < -0.3 is 0 Å². The molecule has 0 radical (unpaired) electrons. The topological polar surface area (TPSA) is 43.4 Å². The van der Waals surface area contributed by atoms with Crippen molar-refractivity contribution < 1.29 is 25.8 Å². The van der Waals surface area contributed by atoms with Crippen molar-refractivity contribution >= 4 is 10.1 Å². The lowest BCUT2D eigenvalue weighted by molar-refractivity contribution is -0.257. The molecule has 0 aromatic rings. The van der Waals surface area contributed by atoms with E-state index in [-0.39, 0.29) is 19.3 Å². The van der Waals surface area contributed by atoms with Crippen LogP contribution in [0.2, 0.25) is 0 Å². The van der Waals surface area contributed by atoms with Crippen LogP contribution >= 0.6 is 0 Å². The van der Waals surface area contributed by atoms with Gasteiger partial charge in [-0.3, -0.25) is 4.18 Å². The monoisotopic (exact) mass is 288 g/mol. The highest BCUT2D eigenvalue weighted by molar-refractivity contribution is 7.87. The summed E-state index contributed by atoms with van der Waals surface area (Å²) in [7, 11) is -4.17. The fraction of sp³-hybridized carbons (Fsp3) is 1.00. The Morgan fingerprint density at radius 2 is 1.72 bits per heavy atom. The third-order valence-electron chi connectivity index (χ3n) is 3.52. The molecular formula is C11H19F3O3S. The molecule has 1 atom stereocenters. The maximum atomic E-state index is 13.1. The second-order valence-electron chi connectivity index (χ2n) is 4.85. The molecule has 7 heteroatoms. The minimum Gasteiger partial charge on any atom is -0.254 e. The van der Waals surface area contributed by atoms with Gasteiger partial charge in [-0.15, -0.1) is 0 Å². The van der Waals surface area contributed by atoms with Gasteiger partial charge in [0, 0.05) is 0 Å². The lowest BCUT2D eigenvalue weighted by Crippen LogP contribution is -2.51. The molecule has 1 rings (SSSR count). The van der Waals surface area contributed by atoms with Crippen LogP contribution in [0.15, 0.2) is 0 Å². The average molecular weight is 288 g/mol. The van der Waals surface area contributed by atoms with Crippen molar-refractivity contribution in [3.05, 3.63) is 0 Å². The lowest BCUT2D eigenvalue weighted by atomic mass is 9.84. The van der Waals surface area contributed by atoms with E-state index in [1.807, 2.05) is 0 Å². The average Bonchev–Trinajstić information content (AvgIpc) is 2.27. The van der Waals surface area contributed by atoms with Crippen molar-refractivity contribution in [2.45, 2.75) is 69.4 Å². The van der Waals surface area contributed by atoms with Gasteiger partial charge in [0.2, 0.25) is 0 Å². The van der Waals surface area contributed by atoms with Gasteiger partial charge >= 0.3 is 6.18 Å². The molecule has 0 bridgehead atoms. The molecule has 0 amide bonds. The van der Waals surface area contributed by atoms with Crippen LogP contribution in [0.4, 0.5) is 13.2 Å². The molecule has 0 N–H and O–H groups in total. The SMILES string of the molecule is CCC(C)S(=O)(=O)OC1(C(F)(F)F)CCCCC1. The van der Waals surface area contributed by atoms with E-state index in [1.165, 1.54) is 6.92 Å². The zero-order chi connectivity index (χ0) is 14.0. The predicted molar refractivity (Wildman–Crippen MR) is 61.6 cm³/mol. The molecule has 0 aromatic carbocycles. The third-order valence-corrected chi connectivity index (χ3v) is 5.39. The zero-order valence-electron chi connectivity index (χ0n) is 10.6. The van der Waals surface area contributed by atoms with Gasteiger partial charge in [0.05, 0.1) is 5.25 Å². The van der Waals surface area contributed by atoms with E-state index in [9.17, 15) is 21.6 Å². The first-order chi connectivity index (χ1) is 8.15. The number of hydrogen-bond acceptors (Lipinski definition) is 3. The quantitative estimate of drug-likeness (QED) is 0.745. The Morgan fingerprint density at radius 1 is 1.22 bits per heavy atom. The van der Waals surface area contributed by atoms with Gasteiger partial charge in [-0.25, -0.2) is 0 Å². The Balaban J connectivity index is 3.00. The highest BCUT2D eigenvalue weighted by Gasteiger charge is 2.58. The smallest absolute Gasteiger partial charge is 0.254 e. The minimum absolute atomic E-state index is 0.232. The second-order valence-corrected chi connectivity index (χ2v) is 6.80. The van der Waals surface area contributed by atoms with Crippen LogP contribution in [0.3, 0.4) is 0 Å². The first kappa shape index (κ1) is 15.8. The molecule has 1 unspecified atom stereocenters. The van der Waals surface area contributed by atoms with Crippen LogP contribution in [-0.2, 0) is 14.3 Å². The summed E-state index contributed by atoms with van der Waals surface area (Å²) < 4.78 is 67.5. The molecule has 0 aromatic heterocycles. The van der Waals surface area contributed by atoms with Gasteiger partial charge in [0.1, 0.15) is 0 Å². The third kappa shape index (κ3) is 3.17. The molecule has 0 spiro atoms. The standard InChI is InChI=1S/C11H19F3O3S/c1-3-9(2)18(15,16)17-10(11(12,13)14)7-5-4-6-8-10/h9H,3-8H2,1-2H3. The van der Waals surface area contributed by atoms with E-state index in [1.54, 1.807) is 6.92 Å². The van der Waals surface area contributed by atoms with Gasteiger partial charge in [-0.1, -0.05) is 26.2 Å². The van der Waals surface area contributed by atoms with E-state index < -0.39 is 27.1 Å². The van der Waals surface area contributed by atoms with Crippen LogP contribution < -0.4 is 0 Å². The second kappa shape index (κ2) is 5.36. The highest BCUT2D eigenvalue weighted by atomic mass is 32.2. The minimum atomic E-state index is -4.64. The maximum Gasteiger partial charge on any atom is 0.418 e. The Labute approximate surface area is 106 Å². The van der Waals surface area contributed by atoms with E-state index in [0.717, 1.165) is 0 Å². The fourth-order valence-electron chi connectivity index (χ4n) is 2.05.